The van der Waals surface area contributed by atoms with Gasteiger partial charge in [-0.05, 0) is 141 Å². The summed E-state index contributed by atoms with van der Waals surface area (Å²) < 4.78 is 42.9. The molecule has 8 rings (SSSR count). The van der Waals surface area contributed by atoms with E-state index in [9.17, 15) is 47.0 Å². The van der Waals surface area contributed by atoms with Crippen LogP contribution in [0.3, 0.4) is 0 Å². The minimum atomic E-state index is -4.40. The van der Waals surface area contributed by atoms with Crippen molar-refractivity contribution in [2.75, 3.05) is 33.5 Å². The van der Waals surface area contributed by atoms with E-state index in [4.69, 9.17) is 37.1 Å². The number of nitrogens with two attached hydrogens (primary N) is 1. The van der Waals surface area contributed by atoms with Crippen LogP contribution in [-0.2, 0) is 57.5 Å². The number of carboxylic acids is 1. The van der Waals surface area contributed by atoms with E-state index in [1.807, 2.05) is 85.7 Å². The molecule has 522 valence electrons. The van der Waals surface area contributed by atoms with Crippen LogP contribution in [-0.4, -0.2) is 125 Å². The first-order chi connectivity index (χ1) is 43.2. The third kappa shape index (κ3) is 26.9. The smallest absolute Gasteiger partial charge is 0.411 e. The Labute approximate surface area is 551 Å². The SMILES string of the molecule is CC(C)CC(C)(C)C=O.CC1(C)C[C@@H]2OCC[C@H](N)C(=O)N2C1C(=O)N[C@@H]1CCCc2ccccc21.COC(C)CC(C)(C)C(CC(=O)[C@@H](C)CCO)C(=O)NC1CCCc2ccccc21.C[C@@H](CCO)C(=O)O.N.OCC(F)(F)F.[C-]#[N+][C@@H]1CCCc2ccccc21. The van der Waals surface area contributed by atoms with Gasteiger partial charge in [-0.1, -0.05) is 142 Å². The lowest BCUT2D eigenvalue weighted by Crippen LogP contribution is -2.56. The molecular weight excluding hydrogens is 1200 g/mol. The number of aldehydes is 1. The highest BCUT2D eigenvalue weighted by Gasteiger charge is 2.54. The van der Waals surface area contributed by atoms with Gasteiger partial charge in [0, 0.05) is 50.1 Å². The molecule has 2 heterocycles. The molecule has 93 heavy (non-hydrogen) atoms. The number of ketones is 1. The van der Waals surface area contributed by atoms with E-state index in [2.05, 4.69) is 71.8 Å². The summed E-state index contributed by atoms with van der Waals surface area (Å²) in [6.45, 7) is 27.5. The van der Waals surface area contributed by atoms with Gasteiger partial charge in [-0.25, -0.2) is 6.57 Å². The summed E-state index contributed by atoms with van der Waals surface area (Å²) in [6.07, 6.45) is 9.42. The average Bonchev–Trinajstić information content (AvgIpc) is 1.62. The minimum Gasteiger partial charge on any atom is -0.481 e. The van der Waals surface area contributed by atoms with Crippen LogP contribution in [0.15, 0.2) is 72.8 Å². The number of rotatable bonds is 19. The highest BCUT2D eigenvalue weighted by molar-refractivity contribution is 5.92. The molecule has 5 aliphatic rings. The van der Waals surface area contributed by atoms with Crippen LogP contribution in [0.25, 0.3) is 4.85 Å². The van der Waals surface area contributed by atoms with Crippen molar-refractivity contribution in [1.82, 2.24) is 21.7 Å². The van der Waals surface area contributed by atoms with E-state index >= 15 is 0 Å². The van der Waals surface area contributed by atoms with Gasteiger partial charge in [0.25, 0.3) is 0 Å². The number of methoxy groups -OCH3 is 1. The first-order valence-electron chi connectivity index (χ1n) is 32.8. The van der Waals surface area contributed by atoms with Gasteiger partial charge in [0.15, 0.2) is 0 Å². The van der Waals surface area contributed by atoms with Crippen molar-refractivity contribution in [2.24, 2.45) is 45.7 Å². The fourth-order valence-corrected chi connectivity index (χ4v) is 12.8. The molecule has 18 nitrogen and oxygen atoms in total. The summed E-state index contributed by atoms with van der Waals surface area (Å²) in [4.78, 5) is 78.1. The first-order valence-corrected chi connectivity index (χ1v) is 32.8. The molecule has 11 N–H and O–H groups in total. The number of aryl methyl sites for hydroxylation is 3. The van der Waals surface area contributed by atoms with Gasteiger partial charge in [-0.2, -0.15) is 13.2 Å². The van der Waals surface area contributed by atoms with Crippen LogP contribution in [0, 0.1) is 46.5 Å². The maximum Gasteiger partial charge on any atom is 0.411 e. The Kier molecular flexibility index (Phi) is 35.4. The highest BCUT2D eigenvalue weighted by Crippen LogP contribution is 2.44. The Morgan fingerprint density at radius 2 is 1.25 bits per heavy atom. The van der Waals surface area contributed by atoms with Crippen LogP contribution in [0.5, 0.6) is 0 Å². The lowest BCUT2D eigenvalue weighted by atomic mass is 9.71. The second kappa shape index (κ2) is 39.7. The second-order valence-corrected chi connectivity index (χ2v) is 27.7. The number of Topliss-reactive ketones (excluding diaryl/α,β-unsaturated/α-hetero) is 1. The zero-order valence-electron chi connectivity index (χ0n) is 57.4. The van der Waals surface area contributed by atoms with E-state index < -0.39 is 48.1 Å². The van der Waals surface area contributed by atoms with Gasteiger partial charge >= 0.3 is 12.1 Å². The number of aliphatic carboxylic acids is 1. The summed E-state index contributed by atoms with van der Waals surface area (Å²) in [7, 11) is 1.67. The molecule has 10 atom stereocenters. The van der Waals surface area contributed by atoms with Crippen molar-refractivity contribution in [3.63, 3.8) is 0 Å². The second-order valence-electron chi connectivity index (χ2n) is 27.7. The number of hydrogen-bond donors (Lipinski definition) is 8. The molecule has 3 aromatic carbocycles. The normalized spacial score (nSPS) is 21.5. The largest absolute Gasteiger partial charge is 0.481 e. The van der Waals surface area contributed by atoms with E-state index in [0.29, 0.717) is 44.6 Å². The number of ether oxygens (including phenoxy) is 2. The fourth-order valence-electron chi connectivity index (χ4n) is 12.8. The molecule has 3 aromatic rings. The average molecular weight is 1310 g/mol. The Morgan fingerprint density at radius 1 is 0.774 bits per heavy atom. The molecule has 0 radical (unpaired) electrons. The highest BCUT2D eigenvalue weighted by atomic mass is 19.4. The number of carbonyl (C=O) groups excluding carboxylic acids is 5. The van der Waals surface area contributed by atoms with Crippen LogP contribution in [0.1, 0.15) is 211 Å². The van der Waals surface area contributed by atoms with Gasteiger partial charge in [0.05, 0.1) is 42.7 Å². The Bertz CT molecular complexity index is 2840. The number of aliphatic hydroxyl groups is 3. The monoisotopic (exact) mass is 1310 g/mol. The molecule has 2 fully saturated rings. The van der Waals surface area contributed by atoms with Crippen LogP contribution < -0.4 is 22.5 Å². The lowest BCUT2D eigenvalue weighted by Gasteiger charge is -2.37. The van der Waals surface area contributed by atoms with Gasteiger partial charge in [0.2, 0.25) is 23.8 Å². The predicted molar refractivity (Wildman–Crippen MR) is 355 cm³/mol. The molecule has 0 saturated carbocycles. The molecule has 4 unspecified atom stereocenters. The predicted octanol–water partition coefficient (Wildman–Crippen LogP) is 12.1. The van der Waals surface area contributed by atoms with E-state index in [-0.39, 0.29) is 96.5 Å². The van der Waals surface area contributed by atoms with Crippen molar-refractivity contribution < 1.29 is 71.8 Å². The standard InChI is InChI=1S/C25H39NO4.C21H29N3O3.C11H11N.C8H16O.C5H10O3.C2H3F3O.H3N/c1-17(13-14-27)23(28)15-21(25(3,4)16-18(2)30-5)24(29)26-22-12-8-10-19-9-6-7-11-20(19)22;1-21(2)12-17-24(20(26)15(22)10-11-27-17)18(21)19(25)23-16-9-5-7-13-6-3-4-8-14(13)16;1-12-11-8-4-6-9-5-2-3-7-10(9)11;1-7(2)5-8(3,4)6-9;1-4(2-3-6)5(7)8;3-2(4,5)1-6;/h6-7,9,11,17-18,21-22,27H,8,10,12-16H2,1-5H3,(H,26,29);3-4,6,8,15-18H,5,7,9-12,22H2,1-2H3,(H,23,25);2-3,5,7,11H,4,6,8H2;6-7H,5H2,1-4H3;4,6H,2-3H2,1H3,(H,7,8);6H,1H2;1H3/t17-,18?,21?,22?;15-,16+,17-,18?;11-;;4-;;/m001.0../s1. The van der Waals surface area contributed by atoms with Crippen molar-refractivity contribution in [1.29, 1.82) is 0 Å². The molecule has 0 aromatic heterocycles. The Balaban J connectivity index is 0.000000421. The van der Waals surface area contributed by atoms with Gasteiger partial charge in [-0.15, -0.1) is 0 Å². The molecule has 2 aliphatic heterocycles. The zero-order chi connectivity index (χ0) is 69.1. The van der Waals surface area contributed by atoms with Crippen molar-refractivity contribution in [3.8, 4) is 0 Å². The third-order valence-electron chi connectivity index (χ3n) is 17.9. The first kappa shape index (κ1) is 83.0. The number of carboxylic acid groups (broad SMARTS) is 1. The number of aliphatic hydroxyl groups excluding tert-OH is 3. The summed E-state index contributed by atoms with van der Waals surface area (Å²) in [5.41, 5.74) is 12.8. The summed E-state index contributed by atoms with van der Waals surface area (Å²) in [6, 6.07) is 23.9. The third-order valence-corrected chi connectivity index (χ3v) is 17.9. The van der Waals surface area contributed by atoms with Crippen molar-refractivity contribution in [3.05, 3.63) is 118 Å². The number of fused-ring (bicyclic) bond motifs is 4. The fraction of sp³-hybridized carbons (Fsp3) is 0.653. The molecule has 21 heteroatoms. The molecular formula is C72H111F3N6O12. The van der Waals surface area contributed by atoms with Crippen LogP contribution in [0.2, 0.25) is 0 Å². The van der Waals surface area contributed by atoms with Crippen LogP contribution in [0.4, 0.5) is 13.2 Å². The van der Waals surface area contributed by atoms with Gasteiger partial charge in [0.1, 0.15) is 30.9 Å². The molecule has 0 spiro atoms. The van der Waals surface area contributed by atoms with Gasteiger partial charge < -0.3 is 67.0 Å². The molecule has 3 aliphatic carbocycles. The number of halogens is 3. The van der Waals surface area contributed by atoms with E-state index in [1.165, 1.54) is 39.8 Å². The zero-order valence-corrected chi connectivity index (χ0v) is 57.4. The number of carbonyl (C=O) groups is 6. The molecule has 2 saturated heterocycles. The maximum absolute atomic E-state index is 13.5. The minimum absolute atomic E-state index is 0. The van der Waals surface area contributed by atoms with E-state index in [1.54, 1.807) is 18.9 Å². The van der Waals surface area contributed by atoms with Crippen LogP contribution >= 0.6 is 0 Å². The molecule has 3 amide bonds. The number of nitrogens with zero attached hydrogens (tertiary/aromatic N) is 2. The number of nitrogens with one attached hydrogen (secondary N) is 2. The van der Waals surface area contributed by atoms with E-state index in [0.717, 1.165) is 64.1 Å². The lowest BCUT2D eigenvalue weighted by molar-refractivity contribution is -0.159. The summed E-state index contributed by atoms with van der Waals surface area (Å²) in [5.74, 6) is -1.65. The maximum atomic E-state index is 13.5. The van der Waals surface area contributed by atoms with Gasteiger partial charge in [-0.3, -0.25) is 24.0 Å². The summed E-state index contributed by atoms with van der Waals surface area (Å²) >= 11 is 0. The Morgan fingerprint density at radius 3 is 1.69 bits per heavy atom. The topological polar surface area (TPSA) is 294 Å². The summed E-state index contributed by atoms with van der Waals surface area (Å²) in [5, 5.41) is 39.4. The number of amides is 3. The Hall–Kier alpha value is -6.12. The molecule has 0 bridgehead atoms. The number of alkyl halides is 3. The number of benzene rings is 3. The van der Waals surface area contributed by atoms with Crippen molar-refractivity contribution >= 4 is 35.8 Å². The quantitative estimate of drug-likeness (QED) is 0.0409. The number of hydrogen-bond acceptors (Lipinski definition) is 13. The van der Waals surface area contributed by atoms with Crippen molar-refractivity contribution in [2.45, 2.75) is 228 Å².